The molecule has 17 heavy (non-hydrogen) atoms. The molecular weight excluding hydrogens is 216 g/mol. The average Bonchev–Trinajstić information content (AvgIpc) is 2.98. The van der Waals surface area contributed by atoms with Gasteiger partial charge in [0, 0.05) is 6.04 Å². The maximum Gasteiger partial charge on any atom is 0.237 e. The van der Waals surface area contributed by atoms with Gasteiger partial charge in [-0.15, -0.1) is 0 Å². The number of carbonyl (C=O) groups excluding carboxylic acids is 1. The van der Waals surface area contributed by atoms with Crippen molar-refractivity contribution in [1.82, 2.24) is 10.6 Å². The van der Waals surface area contributed by atoms with E-state index >= 15 is 0 Å². The molecule has 1 amide bonds. The van der Waals surface area contributed by atoms with Gasteiger partial charge in [0.15, 0.2) is 0 Å². The minimum atomic E-state index is -0.171. The lowest BCUT2D eigenvalue weighted by molar-refractivity contribution is -0.123. The largest absolute Gasteiger partial charge is 0.467 e. The van der Waals surface area contributed by atoms with Gasteiger partial charge in [-0.25, -0.2) is 0 Å². The first-order valence-corrected chi connectivity index (χ1v) is 5.97. The molecule has 0 bridgehead atoms. The van der Waals surface area contributed by atoms with Crippen LogP contribution in [0.15, 0.2) is 35.0 Å². The molecule has 0 spiro atoms. The third-order valence-electron chi connectivity index (χ3n) is 2.90. The Bertz CT molecular complexity index is 376. The Labute approximate surface area is 101 Å². The van der Waals surface area contributed by atoms with E-state index in [1.54, 1.807) is 6.26 Å². The maximum absolute atomic E-state index is 11.8. The first kappa shape index (κ1) is 11.9. The van der Waals surface area contributed by atoms with Crippen molar-refractivity contribution >= 4 is 5.91 Å². The predicted molar refractivity (Wildman–Crippen MR) is 65.3 cm³/mol. The van der Waals surface area contributed by atoms with Gasteiger partial charge in [0.2, 0.25) is 5.91 Å². The van der Waals surface area contributed by atoms with Crippen molar-refractivity contribution in [2.45, 2.75) is 38.4 Å². The van der Waals surface area contributed by atoms with Crippen LogP contribution in [0, 0.1) is 0 Å². The van der Waals surface area contributed by atoms with Crippen molar-refractivity contribution < 1.29 is 9.21 Å². The summed E-state index contributed by atoms with van der Waals surface area (Å²) in [5.41, 5.74) is 0. The standard InChI is InChI=1S/C13H18N2O2/c1-10(15-11-5-2-3-6-11)13(16)14-9-12-7-4-8-17-12/h2-4,7-8,10-11,15H,5-6,9H2,1H3,(H,14,16). The molecule has 1 heterocycles. The van der Waals surface area contributed by atoms with E-state index in [0.717, 1.165) is 18.6 Å². The van der Waals surface area contributed by atoms with E-state index in [2.05, 4.69) is 22.8 Å². The summed E-state index contributed by atoms with van der Waals surface area (Å²) in [4.78, 5) is 11.8. The zero-order chi connectivity index (χ0) is 12.1. The van der Waals surface area contributed by atoms with Crippen LogP contribution in [0.5, 0.6) is 0 Å². The number of hydrogen-bond donors (Lipinski definition) is 2. The highest BCUT2D eigenvalue weighted by Crippen LogP contribution is 2.09. The Balaban J connectivity index is 1.71. The highest BCUT2D eigenvalue weighted by molar-refractivity contribution is 5.81. The van der Waals surface area contributed by atoms with E-state index in [4.69, 9.17) is 4.42 Å². The Morgan fingerprint density at radius 2 is 2.29 bits per heavy atom. The minimum absolute atomic E-state index is 0.00769. The molecule has 0 aromatic carbocycles. The molecule has 2 rings (SSSR count). The van der Waals surface area contributed by atoms with Crippen molar-refractivity contribution in [1.29, 1.82) is 0 Å². The van der Waals surface area contributed by atoms with Crippen LogP contribution in [0.3, 0.4) is 0 Å². The van der Waals surface area contributed by atoms with Crippen LogP contribution < -0.4 is 10.6 Å². The number of hydrogen-bond acceptors (Lipinski definition) is 3. The lowest BCUT2D eigenvalue weighted by atomic mass is 10.2. The van der Waals surface area contributed by atoms with Crippen molar-refractivity contribution in [2.75, 3.05) is 0 Å². The van der Waals surface area contributed by atoms with E-state index in [0.29, 0.717) is 12.6 Å². The molecule has 0 saturated carbocycles. The summed E-state index contributed by atoms with van der Waals surface area (Å²) >= 11 is 0. The number of amides is 1. The molecule has 0 aliphatic heterocycles. The lowest BCUT2D eigenvalue weighted by Crippen LogP contribution is -2.45. The summed E-state index contributed by atoms with van der Waals surface area (Å²) in [5.74, 6) is 0.779. The summed E-state index contributed by atoms with van der Waals surface area (Å²) in [6.45, 7) is 2.33. The van der Waals surface area contributed by atoms with Gasteiger partial charge in [0.05, 0.1) is 18.8 Å². The van der Waals surface area contributed by atoms with E-state index in [-0.39, 0.29) is 11.9 Å². The van der Waals surface area contributed by atoms with Gasteiger partial charge in [0.1, 0.15) is 5.76 Å². The van der Waals surface area contributed by atoms with Crippen molar-refractivity contribution in [3.8, 4) is 0 Å². The maximum atomic E-state index is 11.8. The Kier molecular flexibility index (Phi) is 3.98. The van der Waals surface area contributed by atoms with Crippen molar-refractivity contribution in [3.05, 3.63) is 36.3 Å². The molecular formula is C13H18N2O2. The number of nitrogens with one attached hydrogen (secondary N) is 2. The highest BCUT2D eigenvalue weighted by atomic mass is 16.3. The zero-order valence-corrected chi connectivity index (χ0v) is 9.98. The molecule has 0 radical (unpaired) electrons. The first-order valence-electron chi connectivity index (χ1n) is 5.97. The smallest absolute Gasteiger partial charge is 0.237 e. The van der Waals surface area contributed by atoms with Gasteiger partial charge >= 0.3 is 0 Å². The van der Waals surface area contributed by atoms with Gasteiger partial charge in [-0.2, -0.15) is 0 Å². The monoisotopic (exact) mass is 234 g/mol. The van der Waals surface area contributed by atoms with Gasteiger partial charge in [-0.05, 0) is 31.9 Å². The molecule has 2 N–H and O–H groups in total. The summed E-state index contributed by atoms with van der Waals surface area (Å²) in [6.07, 6.45) is 7.91. The molecule has 0 saturated heterocycles. The van der Waals surface area contributed by atoms with Crippen molar-refractivity contribution in [3.63, 3.8) is 0 Å². The fourth-order valence-corrected chi connectivity index (χ4v) is 1.92. The van der Waals surface area contributed by atoms with Gasteiger partial charge in [0.25, 0.3) is 0 Å². The molecule has 1 aromatic heterocycles. The van der Waals surface area contributed by atoms with E-state index in [1.807, 2.05) is 19.1 Å². The number of rotatable bonds is 5. The van der Waals surface area contributed by atoms with Crippen LogP contribution in [-0.2, 0) is 11.3 Å². The predicted octanol–water partition coefficient (Wildman–Crippen LogP) is 1.59. The zero-order valence-electron chi connectivity index (χ0n) is 9.98. The molecule has 1 aliphatic carbocycles. The van der Waals surface area contributed by atoms with Crippen LogP contribution in [0.1, 0.15) is 25.5 Å². The Morgan fingerprint density at radius 3 is 2.94 bits per heavy atom. The van der Waals surface area contributed by atoms with E-state index < -0.39 is 0 Å². The second-order valence-corrected chi connectivity index (χ2v) is 4.33. The highest BCUT2D eigenvalue weighted by Gasteiger charge is 2.18. The molecule has 1 atom stereocenters. The molecule has 4 heteroatoms. The molecule has 1 aliphatic rings. The third-order valence-corrected chi connectivity index (χ3v) is 2.90. The van der Waals surface area contributed by atoms with Crippen LogP contribution >= 0.6 is 0 Å². The second kappa shape index (κ2) is 5.68. The Morgan fingerprint density at radius 1 is 1.53 bits per heavy atom. The van der Waals surface area contributed by atoms with E-state index in [9.17, 15) is 4.79 Å². The SMILES string of the molecule is CC(NC1CC=CC1)C(=O)NCc1ccco1. The van der Waals surface area contributed by atoms with Gasteiger partial charge in [-0.3, -0.25) is 4.79 Å². The minimum Gasteiger partial charge on any atom is -0.467 e. The fraction of sp³-hybridized carbons (Fsp3) is 0.462. The van der Waals surface area contributed by atoms with Gasteiger partial charge < -0.3 is 15.1 Å². The molecule has 1 aromatic rings. The van der Waals surface area contributed by atoms with Crippen LogP contribution in [0.4, 0.5) is 0 Å². The van der Waals surface area contributed by atoms with Crippen LogP contribution in [0.2, 0.25) is 0 Å². The average molecular weight is 234 g/mol. The summed E-state index contributed by atoms with van der Waals surface area (Å²) in [6, 6.07) is 3.89. The lowest BCUT2D eigenvalue weighted by Gasteiger charge is -2.18. The third kappa shape index (κ3) is 3.46. The van der Waals surface area contributed by atoms with Gasteiger partial charge in [-0.1, -0.05) is 12.2 Å². The van der Waals surface area contributed by atoms with E-state index in [1.165, 1.54) is 0 Å². The topological polar surface area (TPSA) is 54.3 Å². The quantitative estimate of drug-likeness (QED) is 0.761. The number of furan rings is 1. The van der Waals surface area contributed by atoms with Crippen LogP contribution in [-0.4, -0.2) is 18.0 Å². The van der Waals surface area contributed by atoms with Crippen molar-refractivity contribution in [2.24, 2.45) is 0 Å². The summed E-state index contributed by atoms with van der Waals surface area (Å²) in [5, 5.41) is 6.15. The Hall–Kier alpha value is -1.55. The summed E-state index contributed by atoms with van der Waals surface area (Å²) in [7, 11) is 0. The molecule has 92 valence electrons. The normalized spacial score (nSPS) is 17.2. The second-order valence-electron chi connectivity index (χ2n) is 4.33. The molecule has 4 nitrogen and oxygen atoms in total. The first-order chi connectivity index (χ1) is 8.25. The molecule has 0 fully saturated rings. The summed E-state index contributed by atoms with van der Waals surface area (Å²) < 4.78 is 5.15. The van der Waals surface area contributed by atoms with Crippen LogP contribution in [0.25, 0.3) is 0 Å². The number of carbonyl (C=O) groups is 1. The fourth-order valence-electron chi connectivity index (χ4n) is 1.92. The molecule has 1 unspecified atom stereocenters.